The molecule has 2 heterocycles. The third-order valence-corrected chi connectivity index (χ3v) is 5.75. The zero-order valence-electron chi connectivity index (χ0n) is 19.4. The molecule has 2 amide bonds. The molecule has 1 aromatic heterocycles. The molecule has 0 bridgehead atoms. The summed E-state index contributed by atoms with van der Waals surface area (Å²) in [5, 5.41) is 13.6. The van der Waals surface area contributed by atoms with Gasteiger partial charge in [0.05, 0.1) is 4.92 Å². The summed E-state index contributed by atoms with van der Waals surface area (Å²) in [5.41, 5.74) is -0.00698. The molecule has 3 rings (SSSR count). The second kappa shape index (κ2) is 11.6. The number of aromatic nitrogens is 1. The van der Waals surface area contributed by atoms with Gasteiger partial charge in [-0.3, -0.25) is 15.4 Å². The Bertz CT molecular complexity index is 929. The zero-order valence-corrected chi connectivity index (χ0v) is 19.4. The van der Waals surface area contributed by atoms with Crippen molar-refractivity contribution in [1.82, 2.24) is 19.7 Å². The molecule has 0 radical (unpaired) electrons. The van der Waals surface area contributed by atoms with Crippen molar-refractivity contribution in [3.8, 4) is 11.5 Å². The lowest BCUT2D eigenvalue weighted by Gasteiger charge is -2.36. The number of hydrogen-bond acceptors (Lipinski definition) is 7. The predicted molar refractivity (Wildman–Crippen MR) is 127 cm³/mol. The molecule has 0 aliphatic carbocycles. The van der Waals surface area contributed by atoms with E-state index in [2.05, 4.69) is 34.2 Å². The fourth-order valence-electron chi connectivity index (χ4n) is 3.82. The van der Waals surface area contributed by atoms with Crippen molar-refractivity contribution in [3.05, 3.63) is 52.7 Å². The van der Waals surface area contributed by atoms with Crippen LogP contribution in [0.15, 0.2) is 42.6 Å². The summed E-state index contributed by atoms with van der Waals surface area (Å²) in [7, 11) is 6.00. The number of urea groups is 1. The van der Waals surface area contributed by atoms with Gasteiger partial charge >= 0.3 is 6.03 Å². The molecular weight excluding hydrogens is 424 g/mol. The number of anilines is 1. The number of pyridine rings is 1. The Labute approximate surface area is 194 Å². The van der Waals surface area contributed by atoms with Crippen molar-refractivity contribution in [3.63, 3.8) is 0 Å². The monoisotopic (exact) mass is 456 g/mol. The summed E-state index contributed by atoms with van der Waals surface area (Å²) < 4.78 is 5.73. The van der Waals surface area contributed by atoms with Gasteiger partial charge < -0.3 is 19.4 Å². The lowest BCUT2D eigenvalue weighted by atomic mass is 10.0. The predicted octanol–water partition coefficient (Wildman–Crippen LogP) is 3.66. The molecule has 1 aliphatic rings. The molecule has 10 heteroatoms. The quantitative estimate of drug-likeness (QED) is 0.453. The van der Waals surface area contributed by atoms with Crippen LogP contribution in [0.1, 0.15) is 19.3 Å². The third-order valence-electron chi connectivity index (χ3n) is 5.75. The smallest absolute Gasteiger partial charge is 0.323 e. The van der Waals surface area contributed by atoms with E-state index in [4.69, 9.17) is 4.74 Å². The van der Waals surface area contributed by atoms with E-state index in [-0.39, 0.29) is 17.8 Å². The highest BCUT2D eigenvalue weighted by Crippen LogP contribution is 2.25. The Balaban J connectivity index is 1.49. The molecule has 0 atom stereocenters. The molecule has 1 aromatic carbocycles. The Morgan fingerprint density at radius 3 is 2.52 bits per heavy atom. The van der Waals surface area contributed by atoms with Gasteiger partial charge in [-0.25, -0.2) is 9.78 Å². The lowest BCUT2D eigenvalue weighted by molar-refractivity contribution is -0.384. The van der Waals surface area contributed by atoms with Crippen molar-refractivity contribution < 1.29 is 14.5 Å². The van der Waals surface area contributed by atoms with Crippen LogP contribution >= 0.6 is 0 Å². The SMILES string of the molecule is CN(C)CCCN1CCC(N(C)C(=O)Nc2cc(Oc3ccc([N+](=O)[O-])cc3)ccn2)CC1. The Morgan fingerprint density at radius 2 is 1.88 bits per heavy atom. The minimum absolute atomic E-state index is 0.00698. The molecule has 1 saturated heterocycles. The average Bonchev–Trinajstić information content (AvgIpc) is 2.79. The zero-order chi connectivity index (χ0) is 23.8. The van der Waals surface area contributed by atoms with Crippen LogP contribution in [0, 0.1) is 10.1 Å². The van der Waals surface area contributed by atoms with E-state index in [1.54, 1.807) is 23.2 Å². The van der Waals surface area contributed by atoms with E-state index < -0.39 is 4.92 Å². The number of carbonyl (C=O) groups is 1. The van der Waals surface area contributed by atoms with E-state index in [1.807, 2.05) is 7.05 Å². The molecule has 178 valence electrons. The fraction of sp³-hybridized carbons (Fsp3) is 0.478. The number of rotatable bonds is 9. The van der Waals surface area contributed by atoms with Gasteiger partial charge in [-0.15, -0.1) is 0 Å². The van der Waals surface area contributed by atoms with E-state index in [9.17, 15) is 14.9 Å². The summed E-state index contributed by atoms with van der Waals surface area (Å²) in [4.78, 5) is 33.7. The first-order chi connectivity index (χ1) is 15.8. The maximum atomic E-state index is 12.8. The molecule has 2 aromatic rings. The number of nitro benzene ring substituents is 1. The van der Waals surface area contributed by atoms with E-state index in [0.717, 1.165) is 45.4 Å². The molecule has 33 heavy (non-hydrogen) atoms. The fourth-order valence-corrected chi connectivity index (χ4v) is 3.82. The summed E-state index contributed by atoms with van der Waals surface area (Å²) in [6, 6.07) is 9.07. The summed E-state index contributed by atoms with van der Waals surface area (Å²) >= 11 is 0. The van der Waals surface area contributed by atoms with E-state index >= 15 is 0 Å². The molecule has 10 nitrogen and oxygen atoms in total. The number of nitrogens with one attached hydrogen (secondary N) is 1. The first-order valence-electron chi connectivity index (χ1n) is 11.1. The minimum Gasteiger partial charge on any atom is -0.457 e. The lowest BCUT2D eigenvalue weighted by Crippen LogP contribution is -2.47. The van der Waals surface area contributed by atoms with Crippen LogP contribution in [0.2, 0.25) is 0 Å². The van der Waals surface area contributed by atoms with Crippen molar-refractivity contribution >= 4 is 17.5 Å². The molecule has 1 fully saturated rings. The summed E-state index contributed by atoms with van der Waals surface area (Å²) in [6.45, 7) is 4.16. The number of carbonyl (C=O) groups excluding carboxylic acids is 1. The van der Waals surface area contributed by atoms with Gasteiger partial charge in [0.2, 0.25) is 0 Å². The molecular formula is C23H32N6O4. The summed E-state index contributed by atoms with van der Waals surface area (Å²) in [5.74, 6) is 1.31. The largest absolute Gasteiger partial charge is 0.457 e. The summed E-state index contributed by atoms with van der Waals surface area (Å²) in [6.07, 6.45) is 4.59. The van der Waals surface area contributed by atoms with Gasteiger partial charge in [-0.2, -0.15) is 0 Å². The number of benzene rings is 1. The van der Waals surface area contributed by atoms with Crippen LogP contribution in [0.5, 0.6) is 11.5 Å². The number of piperidine rings is 1. The molecule has 0 unspecified atom stereocenters. The van der Waals surface area contributed by atoms with Gasteiger partial charge in [0.25, 0.3) is 5.69 Å². The number of likely N-dealkylation sites (tertiary alicyclic amines) is 1. The number of nitro groups is 1. The number of hydrogen-bond donors (Lipinski definition) is 1. The molecule has 1 aliphatic heterocycles. The van der Waals surface area contributed by atoms with Crippen molar-refractivity contribution in [1.29, 1.82) is 0 Å². The van der Waals surface area contributed by atoms with Crippen LogP contribution < -0.4 is 10.1 Å². The van der Waals surface area contributed by atoms with Crippen molar-refractivity contribution in [2.45, 2.75) is 25.3 Å². The second-order valence-corrected chi connectivity index (χ2v) is 8.50. The average molecular weight is 457 g/mol. The Hall–Kier alpha value is -3.24. The first-order valence-corrected chi connectivity index (χ1v) is 11.1. The molecule has 0 spiro atoms. The minimum atomic E-state index is -0.463. The topological polar surface area (TPSA) is 104 Å². The first kappa shape index (κ1) is 24.4. The van der Waals surface area contributed by atoms with Crippen LogP contribution in [-0.2, 0) is 0 Å². The van der Waals surface area contributed by atoms with Crippen LogP contribution in [0.3, 0.4) is 0 Å². The Morgan fingerprint density at radius 1 is 1.18 bits per heavy atom. The van der Waals surface area contributed by atoms with Gasteiger partial charge in [-0.1, -0.05) is 0 Å². The number of ether oxygens (including phenoxy) is 1. The van der Waals surface area contributed by atoms with Crippen LogP contribution in [0.4, 0.5) is 16.3 Å². The molecule has 0 saturated carbocycles. The van der Waals surface area contributed by atoms with Crippen LogP contribution in [-0.4, -0.2) is 84.0 Å². The highest BCUT2D eigenvalue weighted by molar-refractivity contribution is 5.88. The van der Waals surface area contributed by atoms with Crippen molar-refractivity contribution in [2.24, 2.45) is 0 Å². The van der Waals surface area contributed by atoms with Crippen LogP contribution in [0.25, 0.3) is 0 Å². The maximum absolute atomic E-state index is 12.8. The number of nitrogens with zero attached hydrogens (tertiary/aromatic N) is 5. The maximum Gasteiger partial charge on any atom is 0.323 e. The van der Waals surface area contributed by atoms with Gasteiger partial charge in [0.15, 0.2) is 0 Å². The number of non-ortho nitro benzene ring substituents is 1. The van der Waals surface area contributed by atoms with E-state index in [0.29, 0.717) is 17.3 Å². The van der Waals surface area contributed by atoms with Gasteiger partial charge in [0.1, 0.15) is 17.3 Å². The third kappa shape index (κ3) is 7.40. The van der Waals surface area contributed by atoms with Gasteiger partial charge in [-0.05, 0) is 64.6 Å². The normalized spacial score (nSPS) is 14.8. The van der Waals surface area contributed by atoms with E-state index in [1.165, 1.54) is 24.3 Å². The Kier molecular flexibility index (Phi) is 8.56. The van der Waals surface area contributed by atoms with Gasteiger partial charge in [0, 0.05) is 50.6 Å². The van der Waals surface area contributed by atoms with Crippen molar-refractivity contribution in [2.75, 3.05) is 52.6 Å². The standard InChI is InChI=1S/C23H32N6O4/c1-26(2)13-4-14-28-15-10-18(11-16-28)27(3)23(30)25-22-17-21(9-12-24-22)33-20-7-5-19(6-8-20)29(31)32/h5-9,12,17-18H,4,10-11,13-16H2,1-3H3,(H,24,25,30). The second-order valence-electron chi connectivity index (χ2n) is 8.50. The highest BCUT2D eigenvalue weighted by Gasteiger charge is 2.25. The highest BCUT2D eigenvalue weighted by atomic mass is 16.6. The molecule has 1 N–H and O–H groups in total. The number of amides is 2.